The molecule has 0 aliphatic carbocycles. The first-order chi connectivity index (χ1) is 62.1. The third-order valence-electron chi connectivity index (χ3n) is 25.1. The SMILES string of the molecule is CC(C)c1cn[c-]c(-c2[c-]ccc3c2[se]c2ccc(C(C)C)cc23)c1.[Ir+3].[Ir].[c-]1cc2ccc3cccc4ccc(c1-c1nnc(-c5ccc6ccc7cccc8ccc5c6c78)nn1)c2c34.[c-]1cc2ccc3cccc4ccc(c1-c1nnc(-c5ccc6ccc7cccc8ccc5c6c78)nn1)c2c34.[c-]1ccc2c([se]c3ccc(-c4ccccc4)cc32)c1-c1ccccn1. The van der Waals surface area contributed by atoms with Crippen molar-refractivity contribution in [2.75, 3.05) is 0 Å². The molecule has 0 unspecified atom stereocenters. The van der Waals surface area contributed by atoms with Crippen LogP contribution in [0, 0.1) is 30.5 Å². The van der Waals surface area contributed by atoms with Crippen molar-refractivity contribution in [2.24, 2.45) is 0 Å². The first-order valence-electron chi connectivity index (χ1n) is 42.4. The Balaban J connectivity index is 0.000000102. The van der Waals surface area contributed by atoms with Gasteiger partial charge in [0, 0.05) is 31.2 Å². The van der Waals surface area contributed by atoms with Crippen molar-refractivity contribution in [3.05, 3.63) is 376 Å². The molecule has 6 heterocycles. The molecule has 0 bridgehead atoms. The summed E-state index contributed by atoms with van der Waals surface area (Å²) in [5.41, 5.74) is 13.1. The molecule has 0 amide bonds. The zero-order chi connectivity index (χ0) is 83.8. The second-order valence-electron chi connectivity index (χ2n) is 33.0. The van der Waals surface area contributed by atoms with Crippen LogP contribution in [0.25, 0.3) is 247 Å². The summed E-state index contributed by atoms with van der Waals surface area (Å²) in [6.45, 7) is 8.91. The van der Waals surface area contributed by atoms with Crippen LogP contribution in [-0.2, 0) is 40.2 Å². The molecule has 27 rings (SSSR count). The number of fused-ring (bicyclic) bond motifs is 6. The van der Waals surface area contributed by atoms with E-state index in [4.69, 9.17) is 0 Å². The van der Waals surface area contributed by atoms with Gasteiger partial charge >= 0.3 is 328 Å². The Morgan fingerprint density at radius 1 is 0.281 bits per heavy atom. The van der Waals surface area contributed by atoms with E-state index in [1.54, 1.807) is 0 Å². The Bertz CT molecular complexity index is 8200. The van der Waals surface area contributed by atoms with Crippen LogP contribution in [0.5, 0.6) is 0 Å². The van der Waals surface area contributed by atoms with E-state index in [9.17, 15) is 0 Å². The zero-order valence-corrected chi connectivity index (χ0v) is 77.6. The minimum atomic E-state index is 0. The van der Waals surface area contributed by atoms with E-state index in [2.05, 4.69) is 400 Å². The van der Waals surface area contributed by atoms with E-state index < -0.39 is 0 Å². The Hall–Kier alpha value is -13.7. The summed E-state index contributed by atoms with van der Waals surface area (Å²) in [6, 6.07) is 128. The summed E-state index contributed by atoms with van der Waals surface area (Å²) < 4.78 is 5.73. The van der Waals surface area contributed by atoms with Crippen LogP contribution >= 0.6 is 0 Å². The Labute approximate surface area is 775 Å². The van der Waals surface area contributed by atoms with Crippen LogP contribution in [0.4, 0.5) is 0 Å². The summed E-state index contributed by atoms with van der Waals surface area (Å²) in [5, 5.41) is 70.8. The first-order valence-corrected chi connectivity index (χ1v) is 45.8. The molecule has 0 atom stereocenters. The molecule has 10 nitrogen and oxygen atoms in total. The van der Waals surface area contributed by atoms with Gasteiger partial charge in [0.25, 0.3) is 0 Å². The van der Waals surface area contributed by atoms with Crippen molar-refractivity contribution in [1.82, 2.24) is 50.8 Å². The van der Waals surface area contributed by atoms with E-state index in [0.29, 0.717) is 64.1 Å². The molecule has 607 valence electrons. The molecule has 0 saturated carbocycles. The van der Waals surface area contributed by atoms with Crippen LogP contribution in [0.3, 0.4) is 0 Å². The molecular formula is C114H69Ir2N10Se2-2. The summed E-state index contributed by atoms with van der Waals surface area (Å²) in [7, 11) is 0. The number of hydrogen-bond donors (Lipinski definition) is 0. The number of nitrogens with zero attached hydrogens (tertiary/aromatic N) is 10. The van der Waals surface area contributed by atoms with Crippen molar-refractivity contribution in [1.29, 1.82) is 0 Å². The Morgan fingerprint density at radius 3 is 1.15 bits per heavy atom. The van der Waals surface area contributed by atoms with Gasteiger partial charge < -0.3 is 0 Å². The average Bonchev–Trinajstić information content (AvgIpc) is 1.09. The minimum absolute atomic E-state index is 0. The summed E-state index contributed by atoms with van der Waals surface area (Å²) in [5.74, 6) is 3.01. The van der Waals surface area contributed by atoms with Crippen molar-refractivity contribution in [2.45, 2.75) is 39.5 Å². The number of hydrogen-bond acceptors (Lipinski definition) is 10. The Kier molecular flexibility index (Phi) is 20.6. The summed E-state index contributed by atoms with van der Waals surface area (Å²) >= 11 is 0.611. The monoisotopic (exact) mass is 2120 g/mol. The van der Waals surface area contributed by atoms with E-state index in [1.807, 2.05) is 42.7 Å². The number of rotatable bonds is 9. The van der Waals surface area contributed by atoms with Crippen LogP contribution in [0.2, 0.25) is 0 Å². The molecule has 0 saturated heterocycles. The van der Waals surface area contributed by atoms with Gasteiger partial charge in [-0.15, -0.1) is 44.7 Å². The predicted molar refractivity (Wildman–Crippen MR) is 523 cm³/mol. The molecule has 27 aromatic rings. The quantitative estimate of drug-likeness (QED) is 0.0782. The van der Waals surface area contributed by atoms with Crippen LogP contribution in [0.15, 0.2) is 334 Å². The van der Waals surface area contributed by atoms with Crippen molar-refractivity contribution < 1.29 is 40.2 Å². The third kappa shape index (κ3) is 13.7. The van der Waals surface area contributed by atoms with Gasteiger partial charge in [-0.3, -0.25) is 0 Å². The fourth-order valence-electron chi connectivity index (χ4n) is 18.9. The predicted octanol–water partition coefficient (Wildman–Crippen LogP) is 27.9. The van der Waals surface area contributed by atoms with E-state index in [0.717, 1.165) is 71.4 Å². The van der Waals surface area contributed by atoms with Crippen molar-refractivity contribution >= 4 is 197 Å². The second-order valence-corrected chi connectivity index (χ2v) is 37.4. The fraction of sp³-hybridized carbons (Fsp3) is 0.0526. The number of pyridine rings is 2. The van der Waals surface area contributed by atoms with Crippen LogP contribution in [0.1, 0.15) is 50.7 Å². The topological polar surface area (TPSA) is 129 Å². The van der Waals surface area contributed by atoms with Gasteiger partial charge in [-0.1, -0.05) is 225 Å². The molecule has 6 aromatic heterocycles. The summed E-state index contributed by atoms with van der Waals surface area (Å²) in [4.78, 5) is 8.89. The van der Waals surface area contributed by atoms with E-state index >= 15 is 0 Å². The van der Waals surface area contributed by atoms with Crippen LogP contribution in [-0.4, -0.2) is 79.8 Å². The maximum atomic E-state index is 4.57. The molecule has 0 aliphatic rings. The third-order valence-corrected chi connectivity index (χ3v) is 30.1. The first kappa shape index (κ1) is 80.1. The fourth-order valence-corrected chi connectivity index (χ4v) is 23.9. The van der Waals surface area contributed by atoms with E-state index in [-0.39, 0.29) is 40.2 Å². The van der Waals surface area contributed by atoms with Gasteiger partial charge in [0.2, 0.25) is 11.6 Å². The zero-order valence-electron chi connectivity index (χ0n) is 69.4. The molecule has 14 heteroatoms. The van der Waals surface area contributed by atoms with Crippen molar-refractivity contribution in [3.8, 4) is 79.1 Å². The van der Waals surface area contributed by atoms with Gasteiger partial charge in [0.05, 0.1) is 0 Å². The van der Waals surface area contributed by atoms with Gasteiger partial charge in [0.1, 0.15) is 11.6 Å². The molecular weight excluding hydrogens is 2050 g/mol. The molecule has 0 spiro atoms. The Morgan fingerprint density at radius 2 is 0.680 bits per heavy atom. The standard InChI is InChI=1S/2C34H17N4.C23H14NSe.C23H21NSe.2Ir/c2*1-3-19-7-9-23-13-17-27(25-15-11-21(5-1)29(19)31(23)25)33-35-37-34(38-36-33)28-18-14-24-10-8-20-4-2-6-22-12-16-26(28)32(24)30(20)22;1-2-7-16(8-3-1)17-12-13-22-20(15-17)18-9-6-10-19(23(18)25-22)21-11-4-5-14-24-21;1-14(2)16-8-9-22-21(11-16)20-7-5-6-19(23(20)25-22)18-10-17(15(3)4)12-24-13-18;;/h2*1-17H;1-9,11-15H;5,7-12,14-15H,1-4H3;;/q3*-1;-2;;+3. The molecule has 0 fully saturated rings. The van der Waals surface area contributed by atoms with E-state index in [1.165, 1.54) is 163 Å². The van der Waals surface area contributed by atoms with Gasteiger partial charge in [-0.2, -0.15) is 20.4 Å². The summed E-state index contributed by atoms with van der Waals surface area (Å²) in [6.07, 6.45) is 6.97. The number of benzene rings is 21. The van der Waals surface area contributed by atoms with Gasteiger partial charge in [-0.25, -0.2) is 0 Å². The molecule has 0 aliphatic heterocycles. The molecule has 21 aromatic carbocycles. The molecule has 0 N–H and O–H groups in total. The second kappa shape index (κ2) is 32.9. The molecule has 128 heavy (non-hydrogen) atoms. The van der Waals surface area contributed by atoms with Crippen LogP contribution < -0.4 is 0 Å². The van der Waals surface area contributed by atoms with Gasteiger partial charge in [0.15, 0.2) is 0 Å². The van der Waals surface area contributed by atoms with Gasteiger partial charge in [-0.05, 0) is 109 Å². The molecule has 1 radical (unpaired) electrons. The normalized spacial score (nSPS) is 11.8. The van der Waals surface area contributed by atoms with Crippen molar-refractivity contribution in [3.63, 3.8) is 0 Å². The average molecular weight is 2120 g/mol. The number of aromatic nitrogens is 10. The maximum absolute atomic E-state index is 4.57.